The van der Waals surface area contributed by atoms with Gasteiger partial charge >= 0.3 is 0 Å². The molecule has 0 aliphatic carbocycles. The average Bonchev–Trinajstić information content (AvgIpc) is 2.38. The highest BCUT2D eigenvalue weighted by Gasteiger charge is 2.28. The zero-order chi connectivity index (χ0) is 15.5. The second kappa shape index (κ2) is 6.51. The van der Waals surface area contributed by atoms with Gasteiger partial charge in [-0.05, 0) is 24.1 Å². The number of carbonyl (C=O) groups is 1. The molecule has 0 saturated heterocycles. The molecule has 2 unspecified atom stereocenters. The van der Waals surface area contributed by atoms with Crippen LogP contribution >= 0.6 is 11.6 Å². The standard InChI is InChI=1S/C12H16ClFN2O3S/c1-3-7(2)11(12(15)17)16-20(18,19)8-4-5-10(14)9(13)6-8/h4-7,11,16H,3H2,1-2H3,(H2,15,17). The summed E-state index contributed by atoms with van der Waals surface area (Å²) in [6, 6.07) is 1.96. The minimum Gasteiger partial charge on any atom is -0.368 e. The quantitative estimate of drug-likeness (QED) is 0.834. The minimum absolute atomic E-state index is 0.224. The molecule has 20 heavy (non-hydrogen) atoms. The molecule has 1 aromatic rings. The predicted molar refractivity (Wildman–Crippen MR) is 74.2 cm³/mol. The van der Waals surface area contributed by atoms with Gasteiger partial charge in [-0.3, -0.25) is 4.79 Å². The molecule has 0 aliphatic rings. The first-order chi connectivity index (χ1) is 9.19. The van der Waals surface area contributed by atoms with Crippen LogP contribution in [0.15, 0.2) is 23.1 Å². The molecule has 0 bridgehead atoms. The van der Waals surface area contributed by atoms with E-state index in [1.165, 1.54) is 0 Å². The monoisotopic (exact) mass is 322 g/mol. The molecule has 1 amide bonds. The number of benzene rings is 1. The molecule has 1 aromatic carbocycles. The molecule has 112 valence electrons. The molecule has 0 radical (unpaired) electrons. The van der Waals surface area contributed by atoms with Crippen LogP contribution < -0.4 is 10.5 Å². The van der Waals surface area contributed by atoms with Gasteiger partial charge in [0.25, 0.3) is 0 Å². The van der Waals surface area contributed by atoms with Gasteiger partial charge < -0.3 is 5.73 Å². The van der Waals surface area contributed by atoms with E-state index in [9.17, 15) is 17.6 Å². The molecule has 0 spiro atoms. The summed E-state index contributed by atoms with van der Waals surface area (Å²) in [4.78, 5) is 11.1. The van der Waals surface area contributed by atoms with Crippen LogP contribution in [0.5, 0.6) is 0 Å². The lowest BCUT2D eigenvalue weighted by Gasteiger charge is -2.21. The van der Waals surface area contributed by atoms with Crippen LogP contribution in [0.25, 0.3) is 0 Å². The van der Waals surface area contributed by atoms with Crippen LogP contribution in [0.2, 0.25) is 5.02 Å². The highest BCUT2D eigenvalue weighted by atomic mass is 35.5. The van der Waals surface area contributed by atoms with E-state index in [0.717, 1.165) is 18.2 Å². The van der Waals surface area contributed by atoms with E-state index < -0.39 is 27.8 Å². The maximum atomic E-state index is 13.0. The molecule has 8 heteroatoms. The van der Waals surface area contributed by atoms with E-state index >= 15 is 0 Å². The highest BCUT2D eigenvalue weighted by molar-refractivity contribution is 7.89. The Kier molecular flexibility index (Phi) is 5.50. The first-order valence-electron chi connectivity index (χ1n) is 5.95. The zero-order valence-electron chi connectivity index (χ0n) is 11.1. The summed E-state index contributed by atoms with van der Waals surface area (Å²) in [6.07, 6.45) is 0.570. The van der Waals surface area contributed by atoms with E-state index in [1.807, 2.05) is 6.92 Å². The maximum Gasteiger partial charge on any atom is 0.241 e. The summed E-state index contributed by atoms with van der Waals surface area (Å²) in [5.41, 5.74) is 5.20. The predicted octanol–water partition coefficient (Wildman–Crippen LogP) is 1.66. The fraction of sp³-hybridized carbons (Fsp3) is 0.417. The Morgan fingerprint density at radius 3 is 2.55 bits per heavy atom. The smallest absolute Gasteiger partial charge is 0.241 e. The number of nitrogens with two attached hydrogens (primary N) is 1. The van der Waals surface area contributed by atoms with Gasteiger partial charge in [0.15, 0.2) is 0 Å². The second-order valence-corrected chi connectivity index (χ2v) is 6.58. The Hall–Kier alpha value is -1.18. The SMILES string of the molecule is CCC(C)C(NS(=O)(=O)c1ccc(F)c(Cl)c1)C(N)=O. The van der Waals surface area contributed by atoms with Crippen LogP contribution in [-0.2, 0) is 14.8 Å². The van der Waals surface area contributed by atoms with E-state index in [0.29, 0.717) is 6.42 Å². The van der Waals surface area contributed by atoms with Gasteiger partial charge in [-0.15, -0.1) is 0 Å². The van der Waals surface area contributed by atoms with Crippen molar-refractivity contribution in [3.63, 3.8) is 0 Å². The molecule has 0 aliphatic heterocycles. The summed E-state index contributed by atoms with van der Waals surface area (Å²) in [5, 5.41) is -0.313. The van der Waals surface area contributed by atoms with Crippen molar-refractivity contribution in [1.29, 1.82) is 0 Å². The average molecular weight is 323 g/mol. The molecule has 2 atom stereocenters. The number of rotatable bonds is 6. The minimum atomic E-state index is -4.00. The van der Waals surface area contributed by atoms with Gasteiger partial charge in [0.05, 0.1) is 9.92 Å². The molecule has 0 heterocycles. The zero-order valence-corrected chi connectivity index (χ0v) is 12.6. The number of amides is 1. The summed E-state index contributed by atoms with van der Waals surface area (Å²) in [5.74, 6) is -1.76. The Labute approximate surface area is 122 Å². The van der Waals surface area contributed by atoms with Gasteiger partial charge in [-0.1, -0.05) is 31.9 Å². The molecular formula is C12H16ClFN2O3S. The van der Waals surface area contributed by atoms with Crippen LogP contribution in [-0.4, -0.2) is 20.4 Å². The first-order valence-corrected chi connectivity index (χ1v) is 7.81. The van der Waals surface area contributed by atoms with Gasteiger partial charge in [-0.2, -0.15) is 4.72 Å². The number of hydrogen-bond acceptors (Lipinski definition) is 3. The summed E-state index contributed by atoms with van der Waals surface area (Å²) in [7, 11) is -4.00. The fourth-order valence-corrected chi connectivity index (χ4v) is 3.15. The van der Waals surface area contributed by atoms with E-state index in [1.54, 1.807) is 6.92 Å². The van der Waals surface area contributed by atoms with Crippen molar-refractivity contribution in [2.24, 2.45) is 11.7 Å². The second-order valence-electron chi connectivity index (χ2n) is 4.46. The summed E-state index contributed by atoms with van der Waals surface area (Å²) in [6.45, 7) is 3.51. The Bertz CT molecular complexity index is 607. The summed E-state index contributed by atoms with van der Waals surface area (Å²) < 4.78 is 39.5. The van der Waals surface area contributed by atoms with Crippen molar-refractivity contribution < 1.29 is 17.6 Å². The Morgan fingerprint density at radius 2 is 2.10 bits per heavy atom. The number of carbonyl (C=O) groups excluding carboxylic acids is 1. The molecule has 0 saturated carbocycles. The third kappa shape index (κ3) is 3.91. The number of halogens is 2. The molecule has 0 fully saturated rings. The van der Waals surface area contributed by atoms with E-state index in [-0.39, 0.29) is 15.8 Å². The normalized spacial score (nSPS) is 14.8. The maximum absolute atomic E-state index is 13.0. The molecule has 5 nitrogen and oxygen atoms in total. The fourth-order valence-electron chi connectivity index (χ4n) is 1.57. The Balaban J connectivity index is 3.09. The highest BCUT2D eigenvalue weighted by Crippen LogP contribution is 2.20. The largest absolute Gasteiger partial charge is 0.368 e. The van der Waals surface area contributed by atoms with Crippen molar-refractivity contribution in [2.75, 3.05) is 0 Å². The van der Waals surface area contributed by atoms with Crippen molar-refractivity contribution in [3.05, 3.63) is 29.0 Å². The summed E-state index contributed by atoms with van der Waals surface area (Å²) >= 11 is 5.55. The lowest BCUT2D eigenvalue weighted by Crippen LogP contribution is -2.48. The molecule has 1 rings (SSSR count). The lowest BCUT2D eigenvalue weighted by atomic mass is 10.00. The lowest BCUT2D eigenvalue weighted by molar-refractivity contribution is -0.120. The number of nitrogens with one attached hydrogen (secondary N) is 1. The number of primary amides is 1. The van der Waals surface area contributed by atoms with Crippen molar-refractivity contribution in [3.8, 4) is 0 Å². The van der Waals surface area contributed by atoms with Crippen molar-refractivity contribution >= 4 is 27.5 Å². The van der Waals surface area contributed by atoms with Crippen LogP contribution in [0.1, 0.15) is 20.3 Å². The Morgan fingerprint density at radius 1 is 1.50 bits per heavy atom. The first kappa shape index (κ1) is 16.9. The molecule has 3 N–H and O–H groups in total. The third-order valence-electron chi connectivity index (χ3n) is 3.00. The van der Waals surface area contributed by atoms with Crippen molar-refractivity contribution in [1.82, 2.24) is 4.72 Å². The van der Waals surface area contributed by atoms with Gasteiger partial charge in [0.2, 0.25) is 15.9 Å². The molecular weight excluding hydrogens is 307 g/mol. The van der Waals surface area contributed by atoms with Gasteiger partial charge in [0, 0.05) is 0 Å². The van der Waals surface area contributed by atoms with Gasteiger partial charge in [-0.25, -0.2) is 12.8 Å². The van der Waals surface area contributed by atoms with Crippen LogP contribution in [0, 0.1) is 11.7 Å². The van der Waals surface area contributed by atoms with Crippen LogP contribution in [0.3, 0.4) is 0 Å². The van der Waals surface area contributed by atoms with Crippen molar-refractivity contribution in [2.45, 2.75) is 31.2 Å². The van der Waals surface area contributed by atoms with Crippen LogP contribution in [0.4, 0.5) is 4.39 Å². The number of sulfonamides is 1. The third-order valence-corrected chi connectivity index (χ3v) is 4.73. The van der Waals surface area contributed by atoms with Gasteiger partial charge in [0.1, 0.15) is 11.9 Å². The number of hydrogen-bond donors (Lipinski definition) is 2. The van der Waals surface area contributed by atoms with E-state index in [4.69, 9.17) is 17.3 Å². The topological polar surface area (TPSA) is 89.3 Å². The molecule has 0 aromatic heterocycles. The van der Waals surface area contributed by atoms with E-state index in [2.05, 4.69) is 4.72 Å².